The molecule has 170 valence electrons. The highest BCUT2D eigenvalue weighted by molar-refractivity contribution is 7.99. The molecule has 0 spiro atoms. The van der Waals surface area contributed by atoms with E-state index < -0.39 is 6.04 Å². The summed E-state index contributed by atoms with van der Waals surface area (Å²) in [6.07, 6.45) is 6.18. The fourth-order valence-corrected chi connectivity index (χ4v) is 4.42. The van der Waals surface area contributed by atoms with Gasteiger partial charge in [0.1, 0.15) is 6.04 Å². The summed E-state index contributed by atoms with van der Waals surface area (Å²) in [5.74, 6) is 0.210. The van der Waals surface area contributed by atoms with Crippen molar-refractivity contribution in [2.24, 2.45) is 5.92 Å². The number of amides is 1. The summed E-state index contributed by atoms with van der Waals surface area (Å²) >= 11 is 1.41. The number of ketones is 1. The second-order valence-corrected chi connectivity index (χ2v) is 8.98. The molecule has 0 saturated heterocycles. The number of thioether (sulfide) groups is 1. The fraction of sp³-hybridized carbons (Fsp3) is 0.545. The summed E-state index contributed by atoms with van der Waals surface area (Å²) in [6.45, 7) is 0.862. The number of hydrogen-bond donors (Lipinski definition) is 1. The highest BCUT2D eigenvalue weighted by Crippen LogP contribution is 2.26. The molecule has 31 heavy (non-hydrogen) atoms. The number of carbonyl (C=O) groups is 2. The monoisotopic (exact) mass is 466 g/mol. The molecule has 2 aromatic rings. The van der Waals surface area contributed by atoms with Crippen molar-refractivity contribution in [2.75, 3.05) is 26.4 Å². The second kappa shape index (κ2) is 12.8. The van der Waals surface area contributed by atoms with E-state index in [0.29, 0.717) is 10.8 Å². The van der Waals surface area contributed by atoms with Crippen LogP contribution < -0.4 is 5.32 Å². The molecule has 1 aromatic carbocycles. The lowest BCUT2D eigenvalue weighted by Crippen LogP contribution is -2.38. The number of halogens is 1. The Hall–Kier alpha value is -1.90. The number of nitrogens with zero attached hydrogens (tertiary/aromatic N) is 3. The molecule has 3 rings (SSSR count). The maximum absolute atomic E-state index is 13.2. The minimum absolute atomic E-state index is 0. The maximum Gasteiger partial charge on any atom is 0.287 e. The van der Waals surface area contributed by atoms with E-state index in [2.05, 4.69) is 20.4 Å². The Bertz CT molecular complexity index is 823. The molecule has 1 atom stereocenters. The zero-order chi connectivity index (χ0) is 21.3. The highest BCUT2D eigenvalue weighted by Gasteiger charge is 2.31. The molecule has 1 unspecified atom stereocenters. The van der Waals surface area contributed by atoms with Crippen LogP contribution in [-0.2, 0) is 4.79 Å². The quantitative estimate of drug-likeness (QED) is 0.337. The van der Waals surface area contributed by atoms with Crippen LogP contribution in [0.1, 0.15) is 60.8 Å². The molecule has 1 aromatic heterocycles. The number of carbonyl (C=O) groups excluding carboxylic acids is 2. The fourth-order valence-electron chi connectivity index (χ4n) is 3.55. The molecule has 1 heterocycles. The van der Waals surface area contributed by atoms with E-state index in [-0.39, 0.29) is 35.9 Å². The van der Waals surface area contributed by atoms with Crippen LogP contribution in [0.3, 0.4) is 0 Å². The van der Waals surface area contributed by atoms with Crippen LogP contribution in [-0.4, -0.2) is 53.2 Å². The Morgan fingerprint density at radius 1 is 1.13 bits per heavy atom. The molecular formula is C22H31ClN4O3S. The van der Waals surface area contributed by atoms with E-state index in [1.807, 2.05) is 44.4 Å². The largest absolute Gasteiger partial charge is 0.408 e. The van der Waals surface area contributed by atoms with Crippen molar-refractivity contribution >= 4 is 35.9 Å². The first kappa shape index (κ1) is 25.4. The third-order valence-corrected chi connectivity index (χ3v) is 6.09. The average molecular weight is 467 g/mol. The number of nitrogens with one attached hydrogen (secondary N) is 1. The third-order valence-electron chi connectivity index (χ3n) is 5.29. The number of rotatable bonds is 9. The number of Topliss-reactive ketones (excluding diaryl/α,β-unsaturated/α-hetero) is 1. The van der Waals surface area contributed by atoms with Crippen LogP contribution in [0.25, 0.3) is 0 Å². The lowest BCUT2D eigenvalue weighted by Gasteiger charge is -2.20. The molecule has 0 aliphatic heterocycles. The number of benzene rings is 1. The molecule has 1 N–H and O–H groups in total. The van der Waals surface area contributed by atoms with E-state index in [4.69, 9.17) is 4.42 Å². The summed E-state index contributed by atoms with van der Waals surface area (Å²) in [4.78, 5) is 28.2. The second-order valence-electron chi connectivity index (χ2n) is 7.93. The lowest BCUT2D eigenvalue weighted by molar-refractivity contribution is -0.125. The standard InChI is InChI=1S/C22H30N4O3S.ClH/c1-26(2)14-15-30-22-25-24-21(29-22)19(27)18(16-10-8-5-9-11-16)23-20(28)17-12-6-3-4-7-13-17;/h5,8-11,17-18H,3-4,6-7,12-15H2,1-2H3,(H,23,28);1H. The zero-order valence-corrected chi connectivity index (χ0v) is 19.7. The topological polar surface area (TPSA) is 88.3 Å². The summed E-state index contributed by atoms with van der Waals surface area (Å²) in [5, 5.41) is 11.3. The first-order valence-electron chi connectivity index (χ1n) is 10.5. The van der Waals surface area contributed by atoms with Crippen LogP contribution in [0, 0.1) is 5.92 Å². The molecule has 7 nitrogen and oxygen atoms in total. The molecule has 1 saturated carbocycles. The van der Waals surface area contributed by atoms with Gasteiger partial charge in [0, 0.05) is 18.2 Å². The van der Waals surface area contributed by atoms with Crippen molar-refractivity contribution in [1.29, 1.82) is 0 Å². The SMILES string of the molecule is CN(C)CCSc1nnc(C(=O)C(NC(=O)C2CCCCCC2)c2ccccc2)o1.Cl. The van der Waals surface area contributed by atoms with Gasteiger partial charge in [-0.25, -0.2) is 0 Å². The summed E-state index contributed by atoms with van der Waals surface area (Å²) < 4.78 is 5.60. The van der Waals surface area contributed by atoms with Gasteiger partial charge in [-0.15, -0.1) is 22.6 Å². The third kappa shape index (κ3) is 7.63. The summed E-state index contributed by atoms with van der Waals surface area (Å²) in [7, 11) is 3.98. The minimum Gasteiger partial charge on any atom is -0.408 e. The Kier molecular flexibility index (Phi) is 10.5. The Morgan fingerprint density at radius 3 is 2.45 bits per heavy atom. The van der Waals surface area contributed by atoms with Crippen molar-refractivity contribution in [2.45, 2.75) is 49.8 Å². The first-order chi connectivity index (χ1) is 14.5. The van der Waals surface area contributed by atoms with Gasteiger partial charge >= 0.3 is 0 Å². The summed E-state index contributed by atoms with van der Waals surface area (Å²) in [5.41, 5.74) is 0.712. The predicted molar refractivity (Wildman–Crippen MR) is 124 cm³/mol. The van der Waals surface area contributed by atoms with Gasteiger partial charge in [-0.1, -0.05) is 67.8 Å². The van der Waals surface area contributed by atoms with Crippen molar-refractivity contribution in [3.63, 3.8) is 0 Å². The number of hydrogen-bond acceptors (Lipinski definition) is 7. The summed E-state index contributed by atoms with van der Waals surface area (Å²) in [6, 6.07) is 8.41. The molecule has 1 aliphatic rings. The molecule has 1 amide bonds. The van der Waals surface area contributed by atoms with Gasteiger partial charge in [0.2, 0.25) is 11.7 Å². The molecule has 1 aliphatic carbocycles. The first-order valence-corrected chi connectivity index (χ1v) is 11.5. The van der Waals surface area contributed by atoms with Gasteiger partial charge in [-0.2, -0.15) is 0 Å². The van der Waals surface area contributed by atoms with E-state index in [1.54, 1.807) is 0 Å². The minimum atomic E-state index is -0.831. The Labute approximate surface area is 194 Å². The molecule has 9 heteroatoms. The van der Waals surface area contributed by atoms with Gasteiger partial charge in [0.15, 0.2) is 0 Å². The zero-order valence-electron chi connectivity index (χ0n) is 18.1. The van der Waals surface area contributed by atoms with Gasteiger partial charge in [-0.3, -0.25) is 9.59 Å². The lowest BCUT2D eigenvalue weighted by atomic mass is 9.97. The van der Waals surface area contributed by atoms with E-state index in [1.165, 1.54) is 24.6 Å². The molecule has 0 radical (unpaired) electrons. The van der Waals surface area contributed by atoms with E-state index in [9.17, 15) is 9.59 Å². The van der Waals surface area contributed by atoms with Crippen LogP contribution in [0.2, 0.25) is 0 Å². The molecule has 1 fully saturated rings. The van der Waals surface area contributed by atoms with Crippen LogP contribution in [0.15, 0.2) is 40.0 Å². The van der Waals surface area contributed by atoms with E-state index in [0.717, 1.165) is 38.0 Å². The number of aromatic nitrogens is 2. The maximum atomic E-state index is 13.2. The predicted octanol–water partition coefficient (Wildman–Crippen LogP) is 4.16. The Balaban J connectivity index is 0.00000341. The van der Waals surface area contributed by atoms with Crippen molar-refractivity contribution in [3.05, 3.63) is 41.8 Å². The Morgan fingerprint density at radius 2 is 1.81 bits per heavy atom. The van der Waals surface area contributed by atoms with Crippen LogP contribution >= 0.6 is 24.2 Å². The normalized spacial score (nSPS) is 15.7. The van der Waals surface area contributed by atoms with Gasteiger partial charge in [-0.05, 0) is 32.5 Å². The molecular weight excluding hydrogens is 436 g/mol. The molecule has 0 bridgehead atoms. The van der Waals surface area contributed by atoms with Gasteiger partial charge in [0.25, 0.3) is 11.1 Å². The van der Waals surface area contributed by atoms with Crippen molar-refractivity contribution in [3.8, 4) is 0 Å². The van der Waals surface area contributed by atoms with Crippen molar-refractivity contribution in [1.82, 2.24) is 20.4 Å². The van der Waals surface area contributed by atoms with Gasteiger partial charge in [0.05, 0.1) is 0 Å². The average Bonchev–Trinajstić information content (AvgIpc) is 3.04. The van der Waals surface area contributed by atoms with Crippen LogP contribution in [0.5, 0.6) is 0 Å². The van der Waals surface area contributed by atoms with Crippen molar-refractivity contribution < 1.29 is 14.0 Å². The van der Waals surface area contributed by atoms with Gasteiger partial charge < -0.3 is 14.6 Å². The smallest absolute Gasteiger partial charge is 0.287 e. The van der Waals surface area contributed by atoms with E-state index >= 15 is 0 Å². The highest BCUT2D eigenvalue weighted by atomic mass is 35.5. The van der Waals surface area contributed by atoms with Crippen LogP contribution in [0.4, 0.5) is 0 Å².